The van der Waals surface area contributed by atoms with Crippen molar-refractivity contribution in [3.63, 3.8) is 0 Å². The fraction of sp³-hybridized carbons (Fsp3) is 0.600. The molecule has 6 heteroatoms. The number of alkyl halides is 2. The molecule has 0 aliphatic heterocycles. The van der Waals surface area contributed by atoms with Gasteiger partial charge in [0.25, 0.3) is 0 Å². The first kappa shape index (κ1) is 10.8. The molecule has 0 heterocycles. The molecule has 0 atom stereocenters. The number of rotatable bonds is 3. The second-order valence-corrected chi connectivity index (χ2v) is 4.09. The normalized spacial score (nSPS) is 13.2. The SMILES string of the molecule is C=C(C)CC(F)(F)P(=O)(O)O. The average Bonchev–Trinajstić information content (AvgIpc) is 1.56. The van der Waals surface area contributed by atoms with E-state index in [-0.39, 0.29) is 5.57 Å². The van der Waals surface area contributed by atoms with Crippen LogP contribution in [0.2, 0.25) is 0 Å². The van der Waals surface area contributed by atoms with Gasteiger partial charge in [0.1, 0.15) is 0 Å². The molecule has 0 amide bonds. The lowest BCUT2D eigenvalue weighted by atomic mass is 10.2. The predicted octanol–water partition coefficient (Wildman–Crippen LogP) is 1.72. The fourth-order valence-electron chi connectivity index (χ4n) is 0.466. The third-order valence-corrected chi connectivity index (χ3v) is 1.95. The van der Waals surface area contributed by atoms with Gasteiger partial charge < -0.3 is 9.79 Å². The van der Waals surface area contributed by atoms with Gasteiger partial charge in [0.05, 0.1) is 0 Å². The summed E-state index contributed by atoms with van der Waals surface area (Å²) < 4.78 is 34.8. The molecule has 0 aromatic heterocycles. The summed E-state index contributed by atoms with van der Waals surface area (Å²) in [6, 6.07) is 0. The van der Waals surface area contributed by atoms with E-state index in [1.807, 2.05) is 0 Å². The van der Waals surface area contributed by atoms with Crippen molar-refractivity contribution in [1.82, 2.24) is 0 Å². The van der Waals surface area contributed by atoms with Gasteiger partial charge in [-0.2, -0.15) is 8.78 Å². The Morgan fingerprint density at radius 2 is 2.00 bits per heavy atom. The van der Waals surface area contributed by atoms with Crippen LogP contribution in [0.3, 0.4) is 0 Å². The molecular formula is C5H9F2O3P. The molecule has 3 nitrogen and oxygen atoms in total. The van der Waals surface area contributed by atoms with Gasteiger partial charge in [-0.05, 0) is 6.92 Å². The molecule has 0 aromatic rings. The van der Waals surface area contributed by atoms with Gasteiger partial charge >= 0.3 is 13.3 Å². The molecule has 0 bridgehead atoms. The predicted molar refractivity (Wildman–Crippen MR) is 36.4 cm³/mol. The van der Waals surface area contributed by atoms with E-state index < -0.39 is 19.7 Å². The van der Waals surface area contributed by atoms with Crippen LogP contribution in [-0.2, 0) is 4.57 Å². The van der Waals surface area contributed by atoms with Gasteiger partial charge in [-0.3, -0.25) is 4.57 Å². The minimum atomic E-state index is -5.32. The van der Waals surface area contributed by atoms with E-state index in [1.165, 1.54) is 6.92 Å². The molecular weight excluding hydrogens is 177 g/mol. The molecule has 0 spiro atoms. The summed E-state index contributed by atoms with van der Waals surface area (Å²) >= 11 is 0. The van der Waals surface area contributed by atoms with Gasteiger partial charge in [0.15, 0.2) is 0 Å². The third-order valence-electron chi connectivity index (χ3n) is 0.941. The molecule has 2 N–H and O–H groups in total. The van der Waals surface area contributed by atoms with Crippen molar-refractivity contribution < 1.29 is 23.1 Å². The van der Waals surface area contributed by atoms with Crippen molar-refractivity contribution in [1.29, 1.82) is 0 Å². The molecule has 0 aliphatic rings. The quantitative estimate of drug-likeness (QED) is 0.521. The largest absolute Gasteiger partial charge is 0.394 e. The van der Waals surface area contributed by atoms with Crippen LogP contribution in [0.4, 0.5) is 8.78 Å². The molecule has 0 unspecified atom stereocenters. The Morgan fingerprint density at radius 3 is 2.09 bits per heavy atom. The lowest BCUT2D eigenvalue weighted by molar-refractivity contribution is 0.0596. The van der Waals surface area contributed by atoms with E-state index in [2.05, 4.69) is 6.58 Å². The Labute approximate surface area is 62.9 Å². The zero-order valence-electron chi connectivity index (χ0n) is 5.92. The van der Waals surface area contributed by atoms with E-state index in [0.29, 0.717) is 0 Å². The van der Waals surface area contributed by atoms with Gasteiger partial charge in [-0.1, -0.05) is 12.2 Å². The molecule has 0 radical (unpaired) electrons. The molecule has 0 fully saturated rings. The maximum Gasteiger partial charge on any atom is 0.394 e. The lowest BCUT2D eigenvalue weighted by Crippen LogP contribution is -2.16. The van der Waals surface area contributed by atoms with Crippen LogP contribution in [0.15, 0.2) is 12.2 Å². The number of halogens is 2. The van der Waals surface area contributed by atoms with Gasteiger partial charge in [-0.15, -0.1) is 0 Å². The molecule has 0 saturated heterocycles. The zero-order chi connectivity index (χ0) is 9.28. The molecule has 66 valence electrons. The second-order valence-electron chi connectivity index (χ2n) is 2.34. The lowest BCUT2D eigenvalue weighted by Gasteiger charge is -2.16. The number of hydrogen-bond acceptors (Lipinski definition) is 1. The standard InChI is InChI=1S/C5H9F2O3P/c1-4(2)3-5(6,7)11(8,9)10/h1,3H2,2H3,(H2,8,9,10). The van der Waals surface area contributed by atoms with Crippen LogP contribution in [0.25, 0.3) is 0 Å². The first-order valence-electron chi connectivity index (χ1n) is 2.74. The van der Waals surface area contributed by atoms with E-state index in [0.717, 1.165) is 0 Å². The van der Waals surface area contributed by atoms with Crippen molar-refractivity contribution in [3.05, 3.63) is 12.2 Å². The molecule has 0 saturated carbocycles. The summed E-state index contributed by atoms with van der Waals surface area (Å²) in [5, 5.41) is 0. The van der Waals surface area contributed by atoms with Gasteiger partial charge in [0.2, 0.25) is 0 Å². The minimum Gasteiger partial charge on any atom is -0.320 e. The Morgan fingerprint density at radius 1 is 1.64 bits per heavy atom. The monoisotopic (exact) mass is 186 g/mol. The van der Waals surface area contributed by atoms with Crippen LogP contribution in [0, 0.1) is 0 Å². The Kier molecular flexibility index (Phi) is 2.94. The van der Waals surface area contributed by atoms with E-state index >= 15 is 0 Å². The molecule has 0 rings (SSSR count). The van der Waals surface area contributed by atoms with Crippen molar-refractivity contribution in [2.75, 3.05) is 0 Å². The van der Waals surface area contributed by atoms with E-state index in [9.17, 15) is 13.3 Å². The van der Waals surface area contributed by atoms with E-state index in [4.69, 9.17) is 9.79 Å². The van der Waals surface area contributed by atoms with Gasteiger partial charge in [0, 0.05) is 6.42 Å². The highest BCUT2D eigenvalue weighted by molar-refractivity contribution is 7.53. The Balaban J connectivity index is 4.48. The molecule has 0 aliphatic carbocycles. The average molecular weight is 186 g/mol. The first-order chi connectivity index (χ1) is 4.67. The highest BCUT2D eigenvalue weighted by Gasteiger charge is 2.48. The van der Waals surface area contributed by atoms with Crippen molar-refractivity contribution in [2.24, 2.45) is 0 Å². The number of hydrogen-bond donors (Lipinski definition) is 2. The van der Waals surface area contributed by atoms with Crippen molar-refractivity contribution in [2.45, 2.75) is 19.0 Å². The third kappa shape index (κ3) is 3.10. The summed E-state index contributed by atoms with van der Waals surface area (Å²) in [4.78, 5) is 16.2. The topological polar surface area (TPSA) is 57.5 Å². The molecule has 11 heavy (non-hydrogen) atoms. The van der Waals surface area contributed by atoms with Gasteiger partial charge in [-0.25, -0.2) is 0 Å². The highest BCUT2D eigenvalue weighted by Crippen LogP contribution is 2.55. The highest BCUT2D eigenvalue weighted by atomic mass is 31.2. The van der Waals surface area contributed by atoms with Crippen molar-refractivity contribution >= 4 is 7.60 Å². The summed E-state index contributed by atoms with van der Waals surface area (Å²) in [6.45, 7) is 4.41. The van der Waals surface area contributed by atoms with Crippen LogP contribution in [0.1, 0.15) is 13.3 Å². The Bertz CT molecular complexity index is 208. The summed E-state index contributed by atoms with van der Waals surface area (Å²) in [5.41, 5.74) is -3.93. The summed E-state index contributed by atoms with van der Waals surface area (Å²) in [7, 11) is -5.32. The van der Waals surface area contributed by atoms with Crippen LogP contribution < -0.4 is 0 Å². The minimum absolute atomic E-state index is 0.0401. The Hall–Kier alpha value is -0.250. The van der Waals surface area contributed by atoms with Crippen molar-refractivity contribution in [3.8, 4) is 0 Å². The van der Waals surface area contributed by atoms with E-state index in [1.54, 1.807) is 0 Å². The van der Waals surface area contributed by atoms with Crippen LogP contribution in [0.5, 0.6) is 0 Å². The smallest absolute Gasteiger partial charge is 0.320 e. The summed E-state index contributed by atoms with van der Waals surface area (Å²) in [5.74, 6) is 0. The maximum absolute atomic E-state index is 12.4. The summed E-state index contributed by atoms with van der Waals surface area (Å²) in [6.07, 6.45) is -0.975. The first-order valence-corrected chi connectivity index (χ1v) is 4.36. The fourth-order valence-corrected chi connectivity index (χ4v) is 0.942. The molecule has 0 aromatic carbocycles. The zero-order valence-corrected chi connectivity index (χ0v) is 6.81. The van der Waals surface area contributed by atoms with Crippen LogP contribution in [-0.4, -0.2) is 15.5 Å². The second kappa shape index (κ2) is 3.01. The van der Waals surface area contributed by atoms with Crippen LogP contribution >= 0.6 is 7.60 Å². The maximum atomic E-state index is 12.4. The number of allylic oxidation sites excluding steroid dienone is 1.